The van der Waals surface area contributed by atoms with E-state index in [9.17, 15) is 0 Å². The quantitative estimate of drug-likeness (QED) is 0.210. The second-order valence-corrected chi connectivity index (χ2v) is 11.8. The van der Waals surface area contributed by atoms with Gasteiger partial charge in [0.15, 0.2) is 0 Å². The maximum Gasteiger partial charge on any atom is 0.130 e. The van der Waals surface area contributed by atoms with Crippen LogP contribution in [0.25, 0.3) is 65.8 Å². The molecule has 0 saturated carbocycles. The van der Waals surface area contributed by atoms with Gasteiger partial charge >= 0.3 is 0 Å². The minimum atomic E-state index is 0.0858. The lowest BCUT2D eigenvalue weighted by Gasteiger charge is -2.28. The minimum Gasteiger partial charge on any atom is -0.359 e. The van der Waals surface area contributed by atoms with Crippen molar-refractivity contribution in [2.45, 2.75) is 6.17 Å². The third-order valence-electron chi connectivity index (χ3n) is 9.26. The molecule has 9 rings (SSSR count). The van der Waals surface area contributed by atoms with E-state index < -0.39 is 0 Å². The first-order chi connectivity index (χ1) is 22.3. The molecular formula is C43H30N2. The summed E-state index contributed by atoms with van der Waals surface area (Å²) in [6.45, 7) is 0. The summed E-state index contributed by atoms with van der Waals surface area (Å²) in [5.41, 5.74) is 9.84. The summed E-state index contributed by atoms with van der Waals surface area (Å²) in [6.07, 6.45) is 8.78. The van der Waals surface area contributed by atoms with Crippen molar-refractivity contribution in [2.24, 2.45) is 0 Å². The Morgan fingerprint density at radius 2 is 1.02 bits per heavy atom. The molecule has 2 heterocycles. The maximum absolute atomic E-state index is 3.78. The molecule has 7 aromatic rings. The van der Waals surface area contributed by atoms with Crippen LogP contribution in [0.4, 0.5) is 0 Å². The lowest BCUT2D eigenvalue weighted by Crippen LogP contribution is -2.35. The molecule has 7 aromatic carbocycles. The summed E-state index contributed by atoms with van der Waals surface area (Å²) >= 11 is 0. The Hall–Kier alpha value is -5.86. The van der Waals surface area contributed by atoms with Gasteiger partial charge in [0, 0.05) is 18.0 Å². The number of hydrogen-bond donors (Lipinski definition) is 1. The number of hydrogen-bond acceptors (Lipinski definition) is 2. The summed E-state index contributed by atoms with van der Waals surface area (Å²) in [6, 6.07) is 52.9. The van der Waals surface area contributed by atoms with Crippen molar-refractivity contribution in [3.8, 4) is 22.3 Å². The van der Waals surface area contributed by atoms with Crippen molar-refractivity contribution < 1.29 is 0 Å². The highest BCUT2D eigenvalue weighted by Crippen LogP contribution is 2.44. The monoisotopic (exact) mass is 574 g/mol. The van der Waals surface area contributed by atoms with Crippen molar-refractivity contribution in [3.63, 3.8) is 0 Å². The predicted molar refractivity (Wildman–Crippen MR) is 190 cm³/mol. The third kappa shape index (κ3) is 4.26. The molecule has 45 heavy (non-hydrogen) atoms. The van der Waals surface area contributed by atoms with E-state index in [0.717, 1.165) is 5.70 Å². The van der Waals surface area contributed by atoms with Crippen LogP contribution in [0.5, 0.6) is 0 Å². The molecule has 0 radical (unpaired) electrons. The average Bonchev–Trinajstić information content (AvgIpc) is 3.56. The first-order valence-electron chi connectivity index (χ1n) is 15.5. The Kier molecular flexibility index (Phi) is 5.92. The molecular weight excluding hydrogens is 544 g/mol. The zero-order valence-corrected chi connectivity index (χ0v) is 24.7. The molecule has 0 amide bonds. The van der Waals surface area contributed by atoms with Crippen molar-refractivity contribution in [1.29, 1.82) is 0 Å². The topological polar surface area (TPSA) is 15.3 Å². The van der Waals surface area contributed by atoms with Crippen LogP contribution in [0.3, 0.4) is 0 Å². The smallest absolute Gasteiger partial charge is 0.130 e. The van der Waals surface area contributed by atoms with E-state index in [1.807, 2.05) is 0 Å². The summed E-state index contributed by atoms with van der Waals surface area (Å²) in [7, 11) is 0. The van der Waals surface area contributed by atoms with E-state index in [0.29, 0.717) is 0 Å². The Balaban J connectivity index is 1.13. The van der Waals surface area contributed by atoms with E-state index in [1.54, 1.807) is 0 Å². The molecule has 1 atom stereocenters. The van der Waals surface area contributed by atoms with E-state index >= 15 is 0 Å². The van der Waals surface area contributed by atoms with E-state index in [2.05, 4.69) is 180 Å². The summed E-state index contributed by atoms with van der Waals surface area (Å²) in [5, 5.41) is 11.4. The first-order valence-corrected chi connectivity index (χ1v) is 15.5. The molecule has 1 N–H and O–H groups in total. The van der Waals surface area contributed by atoms with Crippen molar-refractivity contribution in [2.75, 3.05) is 0 Å². The molecule has 2 aliphatic rings. The van der Waals surface area contributed by atoms with Crippen LogP contribution in [-0.2, 0) is 0 Å². The van der Waals surface area contributed by atoms with E-state index in [-0.39, 0.29) is 6.17 Å². The van der Waals surface area contributed by atoms with Gasteiger partial charge in [-0.2, -0.15) is 0 Å². The molecule has 0 fully saturated rings. The van der Waals surface area contributed by atoms with Crippen LogP contribution in [-0.4, -0.2) is 11.1 Å². The van der Waals surface area contributed by atoms with E-state index in [4.69, 9.17) is 0 Å². The molecule has 0 aromatic heterocycles. The van der Waals surface area contributed by atoms with Crippen molar-refractivity contribution in [1.82, 2.24) is 10.2 Å². The van der Waals surface area contributed by atoms with Crippen molar-refractivity contribution >= 4 is 43.6 Å². The van der Waals surface area contributed by atoms with Gasteiger partial charge in [0.25, 0.3) is 0 Å². The Bertz CT molecular complexity index is 2290. The lowest BCUT2D eigenvalue weighted by atomic mass is 9.85. The molecule has 2 heteroatoms. The number of fused-ring (bicyclic) bond motifs is 4. The van der Waals surface area contributed by atoms with Crippen LogP contribution in [0.15, 0.2) is 170 Å². The Labute approximate surface area is 262 Å². The van der Waals surface area contributed by atoms with E-state index in [1.165, 1.54) is 71.3 Å². The number of nitrogens with zero attached hydrogens (tertiary/aromatic N) is 1. The van der Waals surface area contributed by atoms with Crippen LogP contribution in [0, 0.1) is 0 Å². The summed E-state index contributed by atoms with van der Waals surface area (Å²) < 4.78 is 0. The Morgan fingerprint density at radius 1 is 0.467 bits per heavy atom. The van der Waals surface area contributed by atoms with Gasteiger partial charge in [-0.3, -0.25) is 0 Å². The number of nitrogens with one attached hydrogen (secondary N) is 1. The molecule has 2 nitrogen and oxygen atoms in total. The molecule has 0 aliphatic carbocycles. The van der Waals surface area contributed by atoms with Gasteiger partial charge in [0.1, 0.15) is 6.17 Å². The molecule has 1 unspecified atom stereocenters. The predicted octanol–water partition coefficient (Wildman–Crippen LogP) is 10.6. The maximum atomic E-state index is 3.78. The highest BCUT2D eigenvalue weighted by atomic mass is 15.3. The highest BCUT2D eigenvalue weighted by molar-refractivity contribution is 6.21. The van der Waals surface area contributed by atoms with Gasteiger partial charge in [0.2, 0.25) is 0 Å². The highest BCUT2D eigenvalue weighted by Gasteiger charge is 2.28. The lowest BCUT2D eigenvalue weighted by molar-refractivity contribution is 0.439. The van der Waals surface area contributed by atoms with Gasteiger partial charge in [0.05, 0.1) is 5.70 Å². The van der Waals surface area contributed by atoms with Gasteiger partial charge in [-0.25, -0.2) is 0 Å². The molecule has 0 spiro atoms. The van der Waals surface area contributed by atoms with Gasteiger partial charge in [-0.1, -0.05) is 146 Å². The number of rotatable bonds is 4. The molecule has 0 saturated heterocycles. The largest absolute Gasteiger partial charge is 0.359 e. The fourth-order valence-electron chi connectivity index (χ4n) is 7.14. The van der Waals surface area contributed by atoms with Gasteiger partial charge in [-0.05, 0) is 77.8 Å². The molecule has 212 valence electrons. The zero-order valence-electron chi connectivity index (χ0n) is 24.7. The standard InChI is InChI=1S/C43H30N2/c1-2-12-30(13-3-1)35-19-10-26-45-28-40(44-43(35)45)31-21-23-32(24-22-31)41-36-15-6-8-17-38(36)42(39-18-9-7-16-37(39)41)34-25-20-29-11-4-5-14-33(29)27-34/h1-28,43-44H. The summed E-state index contributed by atoms with van der Waals surface area (Å²) in [5.74, 6) is 0. The number of allylic oxidation sites excluding steroid dienone is 2. The van der Waals surface area contributed by atoms with Crippen LogP contribution < -0.4 is 5.32 Å². The van der Waals surface area contributed by atoms with Crippen LogP contribution in [0.1, 0.15) is 11.1 Å². The molecule has 0 bridgehead atoms. The van der Waals surface area contributed by atoms with Gasteiger partial charge in [-0.15, -0.1) is 0 Å². The Morgan fingerprint density at radius 3 is 1.71 bits per heavy atom. The van der Waals surface area contributed by atoms with Crippen molar-refractivity contribution in [3.05, 3.63) is 181 Å². The SMILES string of the molecule is C1=CN2C=C(c3ccc(-c4c5ccccc5c(-c5ccc6ccccc6c5)c5ccccc45)cc3)NC2C(c2ccccc2)=C1. The number of benzene rings is 7. The fourth-order valence-corrected chi connectivity index (χ4v) is 7.14. The zero-order chi connectivity index (χ0) is 29.7. The third-order valence-corrected chi connectivity index (χ3v) is 9.26. The normalized spacial score (nSPS) is 15.6. The average molecular weight is 575 g/mol. The van der Waals surface area contributed by atoms with Gasteiger partial charge < -0.3 is 10.2 Å². The molecule has 2 aliphatic heterocycles. The fraction of sp³-hybridized carbons (Fsp3) is 0.0233. The second kappa shape index (κ2) is 10.4. The van der Waals surface area contributed by atoms with Crippen LogP contribution >= 0.6 is 0 Å². The summed E-state index contributed by atoms with van der Waals surface area (Å²) in [4.78, 5) is 2.26. The first kappa shape index (κ1) is 25.6. The second-order valence-electron chi connectivity index (χ2n) is 11.8. The van der Waals surface area contributed by atoms with Crippen LogP contribution in [0.2, 0.25) is 0 Å². The minimum absolute atomic E-state index is 0.0858.